The molecule has 0 aromatic carbocycles. The van der Waals surface area contributed by atoms with Gasteiger partial charge in [0.2, 0.25) is 15.9 Å². The molecule has 1 atom stereocenters. The van der Waals surface area contributed by atoms with Crippen LogP contribution in [0.3, 0.4) is 0 Å². The number of likely N-dealkylation sites (tertiary alicyclic amines) is 1. The first-order chi connectivity index (χ1) is 10.1. The van der Waals surface area contributed by atoms with Gasteiger partial charge in [-0.1, -0.05) is 0 Å². The Morgan fingerprint density at radius 1 is 1.32 bits per heavy atom. The monoisotopic (exact) mass is 326 g/mol. The SMILES string of the molecule is CNS(=O)(=O)c1ccc(NC2CC(=O)N(C(C)(C)C)C2)nc1. The van der Waals surface area contributed by atoms with Crippen molar-refractivity contribution >= 4 is 21.7 Å². The number of anilines is 1. The van der Waals surface area contributed by atoms with E-state index in [9.17, 15) is 13.2 Å². The molecule has 0 saturated carbocycles. The molecule has 1 fully saturated rings. The molecule has 8 heteroatoms. The summed E-state index contributed by atoms with van der Waals surface area (Å²) in [7, 11) is -2.13. The normalized spacial score (nSPS) is 19.5. The maximum atomic E-state index is 12.0. The van der Waals surface area contributed by atoms with Crippen LogP contribution in [0.4, 0.5) is 5.82 Å². The number of aromatic nitrogens is 1. The summed E-state index contributed by atoms with van der Waals surface area (Å²) in [6.45, 7) is 6.62. The lowest BCUT2D eigenvalue weighted by Gasteiger charge is -2.32. The van der Waals surface area contributed by atoms with Crippen LogP contribution < -0.4 is 10.0 Å². The standard InChI is InChI=1S/C14H22N4O3S/c1-14(2,3)18-9-10(7-13(18)19)17-12-6-5-11(8-16-12)22(20,21)15-4/h5-6,8,10,15H,7,9H2,1-4H3,(H,16,17). The number of nitrogens with one attached hydrogen (secondary N) is 2. The molecule has 2 heterocycles. The quantitative estimate of drug-likeness (QED) is 0.854. The van der Waals surface area contributed by atoms with Gasteiger partial charge in [0.15, 0.2) is 0 Å². The molecule has 1 aliphatic heterocycles. The zero-order chi connectivity index (χ0) is 16.5. The first-order valence-corrected chi connectivity index (χ1v) is 8.58. The van der Waals surface area contributed by atoms with E-state index in [0.717, 1.165) is 0 Å². The van der Waals surface area contributed by atoms with E-state index >= 15 is 0 Å². The van der Waals surface area contributed by atoms with Crippen molar-refractivity contribution in [3.05, 3.63) is 18.3 Å². The molecule has 0 bridgehead atoms. The van der Waals surface area contributed by atoms with Crippen molar-refractivity contribution in [2.45, 2.75) is 43.7 Å². The number of rotatable bonds is 4. The summed E-state index contributed by atoms with van der Waals surface area (Å²) in [6.07, 6.45) is 1.71. The van der Waals surface area contributed by atoms with E-state index < -0.39 is 10.0 Å². The van der Waals surface area contributed by atoms with E-state index in [0.29, 0.717) is 18.8 Å². The van der Waals surface area contributed by atoms with Crippen molar-refractivity contribution in [1.82, 2.24) is 14.6 Å². The minimum Gasteiger partial charge on any atom is -0.365 e. The molecule has 2 rings (SSSR count). The van der Waals surface area contributed by atoms with Crippen molar-refractivity contribution in [2.24, 2.45) is 0 Å². The molecule has 0 radical (unpaired) electrons. The van der Waals surface area contributed by atoms with E-state index in [1.807, 2.05) is 25.7 Å². The Bertz CT molecular complexity index is 650. The van der Waals surface area contributed by atoms with Gasteiger partial charge in [-0.25, -0.2) is 18.1 Å². The van der Waals surface area contributed by atoms with Gasteiger partial charge in [0.1, 0.15) is 10.7 Å². The van der Waals surface area contributed by atoms with E-state index in [1.165, 1.54) is 19.3 Å². The molecule has 122 valence electrons. The van der Waals surface area contributed by atoms with E-state index in [1.54, 1.807) is 6.07 Å². The van der Waals surface area contributed by atoms with Crippen LogP contribution in [0.2, 0.25) is 0 Å². The molecular formula is C14H22N4O3S. The van der Waals surface area contributed by atoms with Gasteiger partial charge >= 0.3 is 0 Å². The highest BCUT2D eigenvalue weighted by Gasteiger charge is 2.36. The lowest BCUT2D eigenvalue weighted by Crippen LogP contribution is -2.43. The molecule has 1 unspecified atom stereocenters. The molecule has 1 saturated heterocycles. The molecule has 22 heavy (non-hydrogen) atoms. The van der Waals surface area contributed by atoms with Gasteiger partial charge in [-0.2, -0.15) is 0 Å². The fraction of sp³-hybridized carbons (Fsp3) is 0.571. The molecule has 0 spiro atoms. The number of hydrogen-bond donors (Lipinski definition) is 2. The summed E-state index contributed by atoms with van der Waals surface area (Å²) in [5.74, 6) is 0.669. The number of carbonyl (C=O) groups is 1. The lowest BCUT2D eigenvalue weighted by atomic mass is 10.1. The maximum Gasteiger partial charge on any atom is 0.241 e. The smallest absolute Gasteiger partial charge is 0.241 e. The van der Waals surface area contributed by atoms with Gasteiger partial charge in [0.25, 0.3) is 0 Å². The van der Waals surface area contributed by atoms with E-state index in [4.69, 9.17) is 0 Å². The second-order valence-electron chi connectivity index (χ2n) is 6.31. The van der Waals surface area contributed by atoms with Crippen LogP contribution in [0.5, 0.6) is 0 Å². The summed E-state index contributed by atoms with van der Waals surface area (Å²) in [6, 6.07) is 3.07. The molecule has 7 nitrogen and oxygen atoms in total. The molecule has 1 aliphatic rings. The minimum atomic E-state index is -3.48. The number of sulfonamides is 1. The third-order valence-electron chi connectivity index (χ3n) is 3.60. The Labute approximate surface area is 131 Å². The topological polar surface area (TPSA) is 91.4 Å². The van der Waals surface area contributed by atoms with Crippen LogP contribution in [0.15, 0.2) is 23.2 Å². The van der Waals surface area contributed by atoms with E-state index in [-0.39, 0.29) is 22.4 Å². The van der Waals surface area contributed by atoms with Crippen LogP contribution in [0.1, 0.15) is 27.2 Å². The summed E-state index contributed by atoms with van der Waals surface area (Å²) in [4.78, 5) is 18.1. The number of nitrogens with zero attached hydrogens (tertiary/aromatic N) is 2. The second kappa shape index (κ2) is 5.85. The summed E-state index contributed by atoms with van der Waals surface area (Å²) in [5.41, 5.74) is -0.203. The third kappa shape index (κ3) is 3.56. The first-order valence-electron chi connectivity index (χ1n) is 7.10. The predicted octanol–water partition coefficient (Wildman–Crippen LogP) is 0.801. The van der Waals surface area contributed by atoms with Gasteiger partial charge in [0, 0.05) is 24.7 Å². The zero-order valence-electron chi connectivity index (χ0n) is 13.3. The lowest BCUT2D eigenvalue weighted by molar-refractivity contribution is -0.131. The Balaban J connectivity index is 2.05. The fourth-order valence-corrected chi connectivity index (χ4v) is 3.08. The highest BCUT2D eigenvalue weighted by Crippen LogP contribution is 2.23. The summed E-state index contributed by atoms with van der Waals surface area (Å²) >= 11 is 0. The number of carbonyl (C=O) groups excluding carboxylic acids is 1. The number of hydrogen-bond acceptors (Lipinski definition) is 5. The Kier molecular flexibility index (Phi) is 4.44. The maximum absolute atomic E-state index is 12.0. The molecular weight excluding hydrogens is 304 g/mol. The van der Waals surface area contributed by atoms with Gasteiger partial charge in [-0.05, 0) is 40.0 Å². The van der Waals surface area contributed by atoms with Crippen LogP contribution >= 0.6 is 0 Å². The largest absolute Gasteiger partial charge is 0.365 e. The first kappa shape index (κ1) is 16.7. The highest BCUT2D eigenvalue weighted by molar-refractivity contribution is 7.89. The number of amides is 1. The Hall–Kier alpha value is -1.67. The van der Waals surface area contributed by atoms with Crippen LogP contribution in [-0.4, -0.2) is 49.4 Å². The van der Waals surface area contributed by atoms with Crippen molar-refractivity contribution in [3.63, 3.8) is 0 Å². The summed E-state index contributed by atoms with van der Waals surface area (Å²) in [5, 5.41) is 3.18. The molecule has 1 aromatic rings. The van der Waals surface area contributed by atoms with Crippen molar-refractivity contribution < 1.29 is 13.2 Å². The van der Waals surface area contributed by atoms with Crippen LogP contribution in [-0.2, 0) is 14.8 Å². The Morgan fingerprint density at radius 2 is 2.00 bits per heavy atom. The highest BCUT2D eigenvalue weighted by atomic mass is 32.2. The number of pyridine rings is 1. The van der Waals surface area contributed by atoms with Gasteiger partial charge in [0.05, 0.1) is 6.04 Å². The zero-order valence-corrected chi connectivity index (χ0v) is 14.1. The average Bonchev–Trinajstić information content (AvgIpc) is 2.80. The molecule has 0 aliphatic carbocycles. The third-order valence-corrected chi connectivity index (χ3v) is 5.00. The molecule has 1 aromatic heterocycles. The minimum absolute atomic E-state index is 0.0222. The van der Waals surface area contributed by atoms with Crippen molar-refractivity contribution in [3.8, 4) is 0 Å². The molecule has 1 amide bonds. The van der Waals surface area contributed by atoms with Crippen molar-refractivity contribution in [2.75, 3.05) is 18.9 Å². The van der Waals surface area contributed by atoms with Crippen molar-refractivity contribution in [1.29, 1.82) is 0 Å². The van der Waals surface area contributed by atoms with Gasteiger partial charge in [-0.15, -0.1) is 0 Å². The van der Waals surface area contributed by atoms with Gasteiger partial charge < -0.3 is 10.2 Å². The predicted molar refractivity (Wildman–Crippen MR) is 84.0 cm³/mol. The summed E-state index contributed by atoms with van der Waals surface area (Å²) < 4.78 is 25.5. The van der Waals surface area contributed by atoms with E-state index in [2.05, 4.69) is 15.0 Å². The fourth-order valence-electron chi connectivity index (χ4n) is 2.40. The second-order valence-corrected chi connectivity index (χ2v) is 8.19. The van der Waals surface area contributed by atoms with Gasteiger partial charge in [-0.3, -0.25) is 4.79 Å². The average molecular weight is 326 g/mol. The van der Waals surface area contributed by atoms with Crippen LogP contribution in [0, 0.1) is 0 Å². The Morgan fingerprint density at radius 3 is 2.45 bits per heavy atom. The van der Waals surface area contributed by atoms with Crippen LogP contribution in [0.25, 0.3) is 0 Å². The molecule has 2 N–H and O–H groups in total.